The van der Waals surface area contributed by atoms with Crippen molar-refractivity contribution >= 4 is 17.0 Å². The lowest BCUT2D eigenvalue weighted by Gasteiger charge is -2.23. The lowest BCUT2D eigenvalue weighted by Crippen LogP contribution is -2.36. The van der Waals surface area contributed by atoms with Gasteiger partial charge in [0.25, 0.3) is 5.91 Å². The van der Waals surface area contributed by atoms with Crippen LogP contribution in [0.1, 0.15) is 35.2 Å². The fraction of sp³-hybridized carbons (Fsp3) is 0.344. The number of hydrogen-bond acceptors (Lipinski definition) is 8. The van der Waals surface area contributed by atoms with E-state index in [1.54, 1.807) is 25.4 Å². The van der Waals surface area contributed by atoms with Gasteiger partial charge in [0.05, 0.1) is 31.5 Å². The van der Waals surface area contributed by atoms with Gasteiger partial charge in [-0.25, -0.2) is 0 Å². The van der Waals surface area contributed by atoms with Crippen LogP contribution in [0, 0.1) is 11.3 Å². The first-order chi connectivity index (χ1) is 20.0. The number of methoxy groups -OCH3 is 1. The zero-order valence-electron chi connectivity index (χ0n) is 23.2. The molecule has 1 N–H and O–H groups in total. The van der Waals surface area contributed by atoms with Gasteiger partial charge in [-0.3, -0.25) is 9.78 Å². The van der Waals surface area contributed by atoms with Crippen LogP contribution in [0.3, 0.4) is 0 Å². The van der Waals surface area contributed by atoms with Gasteiger partial charge >= 0.3 is 0 Å². The third-order valence-electron chi connectivity index (χ3n) is 7.74. The van der Waals surface area contributed by atoms with Gasteiger partial charge in [0.1, 0.15) is 34.9 Å². The second kappa shape index (κ2) is 11.6. The van der Waals surface area contributed by atoms with Crippen molar-refractivity contribution in [1.29, 1.82) is 5.26 Å². The van der Waals surface area contributed by atoms with E-state index in [2.05, 4.69) is 28.3 Å². The number of nitriles is 1. The Hall–Kier alpha value is -4.39. The average molecular weight is 553 g/mol. The molecule has 0 radical (unpaired) electrons. The lowest BCUT2D eigenvalue weighted by molar-refractivity contribution is 0.0254. The Morgan fingerprint density at radius 1 is 1.07 bits per heavy atom. The molecule has 4 aromatic rings. The van der Waals surface area contributed by atoms with Crippen LogP contribution in [0.4, 0.5) is 0 Å². The first-order valence-electron chi connectivity index (χ1n) is 13.9. The molecule has 1 amide bonds. The van der Waals surface area contributed by atoms with Gasteiger partial charge in [-0.2, -0.15) is 5.26 Å². The fourth-order valence-electron chi connectivity index (χ4n) is 5.52. The minimum atomic E-state index is -0.124. The summed E-state index contributed by atoms with van der Waals surface area (Å²) in [6.45, 7) is 3.15. The molecular weight excluding hydrogens is 520 g/mol. The highest BCUT2D eigenvalue weighted by Gasteiger charge is 2.23. The maximum Gasteiger partial charge on any atom is 0.251 e. The summed E-state index contributed by atoms with van der Waals surface area (Å²) in [6, 6.07) is 17.1. The lowest BCUT2D eigenvalue weighted by atomic mass is 10.0. The van der Waals surface area contributed by atoms with E-state index in [1.165, 1.54) is 0 Å². The molecule has 2 fully saturated rings. The van der Waals surface area contributed by atoms with Crippen LogP contribution in [0.25, 0.3) is 33.6 Å². The largest absolute Gasteiger partial charge is 0.496 e. The van der Waals surface area contributed by atoms with Crippen molar-refractivity contribution in [3.8, 4) is 40.0 Å². The number of benzene rings is 2. The number of nitrogens with zero attached hydrogens (tertiary/aromatic N) is 3. The molecule has 0 unspecified atom stereocenters. The predicted molar refractivity (Wildman–Crippen MR) is 154 cm³/mol. The molecule has 4 heterocycles. The number of aromatic nitrogens is 1. The minimum absolute atomic E-state index is 0.0406. The Bertz CT molecular complexity index is 1620. The van der Waals surface area contributed by atoms with Crippen LogP contribution in [0.15, 0.2) is 59.1 Å². The quantitative estimate of drug-likeness (QED) is 0.340. The maximum absolute atomic E-state index is 12.9. The molecule has 6 rings (SSSR count). The summed E-state index contributed by atoms with van der Waals surface area (Å²) in [5, 5.41) is 13.0. The number of carbonyl (C=O) groups is 1. The van der Waals surface area contributed by atoms with E-state index in [0.717, 1.165) is 43.5 Å². The molecule has 1 atom stereocenters. The van der Waals surface area contributed by atoms with E-state index in [9.17, 15) is 10.1 Å². The Balaban J connectivity index is 1.28. The van der Waals surface area contributed by atoms with Crippen molar-refractivity contribution in [1.82, 2.24) is 15.2 Å². The summed E-state index contributed by atoms with van der Waals surface area (Å²) in [6.07, 6.45) is 4.31. The van der Waals surface area contributed by atoms with Gasteiger partial charge in [-0.05, 0) is 62.0 Å². The highest BCUT2D eigenvalue weighted by Crippen LogP contribution is 2.38. The number of pyridine rings is 1. The van der Waals surface area contributed by atoms with Crippen LogP contribution in [-0.2, 0) is 4.74 Å². The van der Waals surface area contributed by atoms with Gasteiger partial charge in [-0.1, -0.05) is 6.07 Å². The van der Waals surface area contributed by atoms with E-state index in [0.29, 0.717) is 58.3 Å². The number of carbonyl (C=O) groups excluding carboxylic acids is 1. The molecule has 2 aliphatic heterocycles. The molecule has 2 saturated heterocycles. The molecule has 2 aliphatic rings. The summed E-state index contributed by atoms with van der Waals surface area (Å²) in [5.41, 5.74) is 4.61. The average Bonchev–Trinajstić information content (AvgIpc) is 3.63. The SMILES string of the molecule is COc1cc(C(=O)N[C@@H]2CCN(C)C2)ccc1-c1cc2nccc(-c3ccc(OC4CCOCC4)c(C#N)c3)c2o1. The predicted octanol–water partition coefficient (Wildman–Crippen LogP) is 5.03. The van der Waals surface area contributed by atoms with Crippen LogP contribution in [-0.4, -0.2) is 68.4 Å². The zero-order valence-corrected chi connectivity index (χ0v) is 23.2. The third kappa shape index (κ3) is 5.62. The van der Waals surface area contributed by atoms with Gasteiger partial charge in [-0.15, -0.1) is 0 Å². The smallest absolute Gasteiger partial charge is 0.251 e. The number of amides is 1. The van der Waals surface area contributed by atoms with Crippen LogP contribution >= 0.6 is 0 Å². The van der Waals surface area contributed by atoms with Gasteiger partial charge in [0, 0.05) is 48.8 Å². The number of likely N-dealkylation sites (tertiary alicyclic amines) is 1. The number of nitrogens with one attached hydrogen (secondary N) is 1. The fourth-order valence-corrected chi connectivity index (χ4v) is 5.52. The van der Waals surface area contributed by atoms with Crippen LogP contribution in [0.5, 0.6) is 11.5 Å². The molecule has 0 saturated carbocycles. The molecule has 9 heteroatoms. The Morgan fingerprint density at radius 3 is 2.68 bits per heavy atom. The molecular formula is C32H32N4O5. The topological polar surface area (TPSA) is 110 Å². The third-order valence-corrected chi connectivity index (χ3v) is 7.74. The summed E-state index contributed by atoms with van der Waals surface area (Å²) < 4.78 is 23.6. The summed E-state index contributed by atoms with van der Waals surface area (Å²) >= 11 is 0. The van der Waals surface area contributed by atoms with Gasteiger partial charge in [0.15, 0.2) is 5.58 Å². The molecule has 0 spiro atoms. The highest BCUT2D eigenvalue weighted by atomic mass is 16.5. The summed E-state index contributed by atoms with van der Waals surface area (Å²) in [7, 11) is 3.63. The Morgan fingerprint density at radius 2 is 1.93 bits per heavy atom. The molecule has 0 aliphatic carbocycles. The van der Waals surface area contributed by atoms with E-state index in [1.807, 2.05) is 36.4 Å². The van der Waals surface area contributed by atoms with E-state index < -0.39 is 0 Å². The van der Waals surface area contributed by atoms with Crippen molar-refractivity contribution in [2.45, 2.75) is 31.4 Å². The number of furan rings is 1. The first-order valence-corrected chi connectivity index (χ1v) is 13.9. The molecule has 2 aromatic heterocycles. The number of fused-ring (bicyclic) bond motifs is 1. The Labute approximate surface area is 238 Å². The standard InChI is InChI=1S/C32H32N4O5/c1-36-12-8-23(19-36)35-32(37)21-3-5-26(29(16-21)38-2)30-17-27-31(41-30)25(7-11-34-27)20-4-6-28(22(15-20)18-33)40-24-9-13-39-14-10-24/h3-7,11,15-17,23-24H,8-10,12-14,19H2,1-2H3,(H,35,37)/t23-/m1/s1. The number of likely N-dealkylation sites (N-methyl/N-ethyl adjacent to an activating group) is 1. The van der Waals surface area contributed by atoms with E-state index in [4.69, 9.17) is 18.6 Å². The maximum atomic E-state index is 12.9. The van der Waals surface area contributed by atoms with E-state index in [-0.39, 0.29) is 18.1 Å². The second-order valence-electron chi connectivity index (χ2n) is 10.6. The Kier molecular flexibility index (Phi) is 7.59. The van der Waals surface area contributed by atoms with Gasteiger partial charge in [0.2, 0.25) is 0 Å². The number of hydrogen-bond donors (Lipinski definition) is 1. The van der Waals surface area contributed by atoms with Crippen molar-refractivity contribution in [2.75, 3.05) is 40.5 Å². The van der Waals surface area contributed by atoms with Crippen molar-refractivity contribution in [3.63, 3.8) is 0 Å². The highest BCUT2D eigenvalue weighted by molar-refractivity contribution is 5.97. The van der Waals surface area contributed by atoms with Gasteiger partial charge < -0.3 is 28.8 Å². The molecule has 2 aromatic carbocycles. The first kappa shape index (κ1) is 26.8. The summed E-state index contributed by atoms with van der Waals surface area (Å²) in [4.78, 5) is 19.6. The van der Waals surface area contributed by atoms with Crippen LogP contribution < -0.4 is 14.8 Å². The number of rotatable bonds is 7. The van der Waals surface area contributed by atoms with Crippen LogP contribution in [0.2, 0.25) is 0 Å². The molecule has 9 nitrogen and oxygen atoms in total. The van der Waals surface area contributed by atoms with E-state index >= 15 is 0 Å². The molecule has 41 heavy (non-hydrogen) atoms. The van der Waals surface area contributed by atoms with Crippen molar-refractivity contribution in [2.24, 2.45) is 0 Å². The number of ether oxygens (including phenoxy) is 3. The molecule has 210 valence electrons. The zero-order chi connectivity index (χ0) is 28.3. The molecule has 0 bridgehead atoms. The summed E-state index contributed by atoms with van der Waals surface area (Å²) in [5.74, 6) is 1.55. The van der Waals surface area contributed by atoms with Crippen molar-refractivity contribution in [3.05, 3.63) is 65.9 Å². The van der Waals surface area contributed by atoms with Crippen molar-refractivity contribution < 1.29 is 23.4 Å². The monoisotopic (exact) mass is 552 g/mol. The minimum Gasteiger partial charge on any atom is -0.496 e. The second-order valence-corrected chi connectivity index (χ2v) is 10.6. The normalized spacial score (nSPS) is 17.8.